The summed E-state index contributed by atoms with van der Waals surface area (Å²) in [5.74, 6) is -4.33. The molecule has 13 heteroatoms. The molecular weight excluding hydrogens is 462 g/mol. The van der Waals surface area contributed by atoms with Crippen molar-refractivity contribution in [3.8, 4) is 0 Å². The van der Waals surface area contributed by atoms with Crippen LogP contribution in [0.15, 0.2) is 24.3 Å². The number of hydrogen-bond acceptors (Lipinski definition) is 8. The zero-order valence-electron chi connectivity index (χ0n) is 19.9. The Kier molecular flexibility index (Phi) is 11.3. The van der Waals surface area contributed by atoms with E-state index in [4.69, 9.17) is 15.6 Å². The van der Waals surface area contributed by atoms with Crippen molar-refractivity contribution in [3.63, 3.8) is 0 Å². The second-order valence-corrected chi connectivity index (χ2v) is 7.74. The molecule has 4 atom stereocenters. The first kappa shape index (κ1) is 29.0. The van der Waals surface area contributed by atoms with E-state index in [0.29, 0.717) is 5.56 Å². The first-order valence-electron chi connectivity index (χ1n) is 10.7. The number of methoxy groups -OCH3 is 1. The quantitative estimate of drug-likeness (QED) is 0.179. The van der Waals surface area contributed by atoms with Crippen LogP contribution in [0.3, 0.4) is 0 Å². The SMILES string of the molecule is COC(=O)C(Cc1ccc(C(=O)O)cc1)NC(=O)C(C)NC(=O)C(C)NC(=O)C(C)NC(=O)CN. The normalized spacial score (nSPS) is 13.9. The predicted molar refractivity (Wildman–Crippen MR) is 123 cm³/mol. The third-order valence-electron chi connectivity index (χ3n) is 4.90. The maximum atomic E-state index is 12.6. The Morgan fingerprint density at radius 2 is 1.29 bits per heavy atom. The van der Waals surface area contributed by atoms with Gasteiger partial charge in [-0.05, 0) is 38.5 Å². The van der Waals surface area contributed by atoms with Gasteiger partial charge in [-0.3, -0.25) is 19.2 Å². The van der Waals surface area contributed by atoms with E-state index in [1.54, 1.807) is 0 Å². The molecule has 4 unspecified atom stereocenters. The van der Waals surface area contributed by atoms with E-state index < -0.39 is 59.7 Å². The summed E-state index contributed by atoms with van der Waals surface area (Å²) in [6, 6.07) is 1.65. The molecule has 0 aliphatic carbocycles. The smallest absolute Gasteiger partial charge is 0.335 e. The Balaban J connectivity index is 2.71. The summed E-state index contributed by atoms with van der Waals surface area (Å²) in [5.41, 5.74) is 5.83. The van der Waals surface area contributed by atoms with Gasteiger partial charge in [-0.1, -0.05) is 12.1 Å². The molecule has 13 nitrogen and oxygen atoms in total. The number of amides is 4. The number of benzene rings is 1. The molecular formula is C22H31N5O8. The Morgan fingerprint density at radius 3 is 1.71 bits per heavy atom. The molecule has 0 fully saturated rings. The molecule has 0 spiro atoms. The van der Waals surface area contributed by atoms with E-state index in [9.17, 15) is 28.8 Å². The van der Waals surface area contributed by atoms with Gasteiger partial charge in [-0.25, -0.2) is 9.59 Å². The van der Waals surface area contributed by atoms with Gasteiger partial charge in [-0.15, -0.1) is 0 Å². The van der Waals surface area contributed by atoms with Gasteiger partial charge in [0.1, 0.15) is 24.2 Å². The molecule has 0 radical (unpaired) electrons. The van der Waals surface area contributed by atoms with Gasteiger partial charge in [-0.2, -0.15) is 0 Å². The fourth-order valence-electron chi connectivity index (χ4n) is 2.83. The van der Waals surface area contributed by atoms with Crippen LogP contribution in [0.4, 0.5) is 0 Å². The lowest BCUT2D eigenvalue weighted by molar-refractivity contribution is -0.145. The highest BCUT2D eigenvalue weighted by molar-refractivity contribution is 5.94. The number of ether oxygens (including phenoxy) is 1. The Labute approximate surface area is 202 Å². The van der Waals surface area contributed by atoms with Gasteiger partial charge < -0.3 is 36.8 Å². The zero-order chi connectivity index (χ0) is 26.7. The Bertz CT molecular complexity index is 950. The number of nitrogens with two attached hydrogens (primary N) is 1. The lowest BCUT2D eigenvalue weighted by atomic mass is 10.0. The highest BCUT2D eigenvalue weighted by Gasteiger charge is 2.27. The lowest BCUT2D eigenvalue weighted by Gasteiger charge is -2.22. The molecule has 0 heterocycles. The summed E-state index contributed by atoms with van der Waals surface area (Å²) in [7, 11) is 1.15. The number of rotatable bonds is 12. The van der Waals surface area contributed by atoms with Crippen molar-refractivity contribution in [2.45, 2.75) is 51.4 Å². The highest BCUT2D eigenvalue weighted by atomic mass is 16.5. The number of nitrogens with one attached hydrogen (secondary N) is 4. The standard InChI is InChI=1S/C22H31N5O8/c1-11(24-17(28)10-23)18(29)25-12(2)19(30)26-13(3)20(31)27-16(22(34)35-4)9-14-5-7-15(8-6-14)21(32)33/h5-8,11-13,16H,9-10,23H2,1-4H3,(H,24,28)(H,25,29)(H,26,30)(H,27,31)(H,32,33). The van der Waals surface area contributed by atoms with E-state index in [0.717, 1.165) is 7.11 Å². The maximum Gasteiger partial charge on any atom is 0.335 e. The third-order valence-corrected chi connectivity index (χ3v) is 4.90. The number of carbonyl (C=O) groups is 6. The van der Waals surface area contributed by atoms with E-state index in [-0.39, 0.29) is 18.5 Å². The molecule has 4 amide bonds. The van der Waals surface area contributed by atoms with Crippen LogP contribution in [0.1, 0.15) is 36.7 Å². The van der Waals surface area contributed by atoms with Crippen LogP contribution in [0.2, 0.25) is 0 Å². The first-order valence-corrected chi connectivity index (χ1v) is 10.7. The van der Waals surface area contributed by atoms with Crippen LogP contribution in [0.25, 0.3) is 0 Å². The molecule has 1 rings (SSSR count). The van der Waals surface area contributed by atoms with Gasteiger partial charge in [0, 0.05) is 6.42 Å². The lowest BCUT2D eigenvalue weighted by Crippen LogP contribution is -2.56. The molecule has 7 N–H and O–H groups in total. The van der Waals surface area contributed by atoms with Crippen LogP contribution < -0.4 is 27.0 Å². The second kappa shape index (κ2) is 13.6. The van der Waals surface area contributed by atoms with Crippen LogP contribution in [0.5, 0.6) is 0 Å². The average Bonchev–Trinajstić information content (AvgIpc) is 2.82. The summed E-state index contributed by atoms with van der Waals surface area (Å²) >= 11 is 0. The van der Waals surface area contributed by atoms with E-state index in [1.807, 2.05) is 0 Å². The van der Waals surface area contributed by atoms with Gasteiger partial charge >= 0.3 is 11.9 Å². The molecule has 0 bridgehead atoms. The largest absolute Gasteiger partial charge is 0.478 e. The molecule has 0 aliphatic heterocycles. The van der Waals surface area contributed by atoms with E-state index in [2.05, 4.69) is 21.3 Å². The monoisotopic (exact) mass is 493 g/mol. The number of carboxylic acid groups (broad SMARTS) is 1. The number of carbonyl (C=O) groups excluding carboxylic acids is 5. The Morgan fingerprint density at radius 1 is 0.829 bits per heavy atom. The summed E-state index contributed by atoms with van der Waals surface area (Å²) in [4.78, 5) is 71.5. The fourth-order valence-corrected chi connectivity index (χ4v) is 2.83. The Hall–Kier alpha value is -4.00. The van der Waals surface area contributed by atoms with Crippen LogP contribution >= 0.6 is 0 Å². The van der Waals surface area contributed by atoms with Crippen LogP contribution in [0, 0.1) is 0 Å². The number of carboxylic acids is 1. The maximum absolute atomic E-state index is 12.6. The molecule has 0 saturated heterocycles. The highest BCUT2D eigenvalue weighted by Crippen LogP contribution is 2.08. The molecule has 192 valence electrons. The number of esters is 1. The molecule has 1 aromatic carbocycles. The van der Waals surface area contributed by atoms with Gasteiger partial charge in [0.25, 0.3) is 0 Å². The summed E-state index contributed by atoms with van der Waals surface area (Å²) in [6.07, 6.45) is 0.0256. The minimum Gasteiger partial charge on any atom is -0.478 e. The van der Waals surface area contributed by atoms with Crippen molar-refractivity contribution in [2.75, 3.05) is 13.7 Å². The van der Waals surface area contributed by atoms with Gasteiger partial charge in [0.2, 0.25) is 23.6 Å². The average molecular weight is 494 g/mol. The van der Waals surface area contributed by atoms with Crippen LogP contribution in [-0.4, -0.2) is 78.5 Å². The third kappa shape index (κ3) is 9.41. The topological polar surface area (TPSA) is 206 Å². The van der Waals surface area contributed by atoms with Crippen LogP contribution in [-0.2, 0) is 35.1 Å². The summed E-state index contributed by atoms with van der Waals surface area (Å²) in [5, 5.41) is 18.7. The minimum atomic E-state index is -1.10. The molecule has 35 heavy (non-hydrogen) atoms. The van der Waals surface area contributed by atoms with Crippen molar-refractivity contribution >= 4 is 35.6 Å². The summed E-state index contributed by atoms with van der Waals surface area (Å²) < 4.78 is 4.73. The van der Waals surface area contributed by atoms with Gasteiger partial charge in [0.05, 0.1) is 19.2 Å². The zero-order valence-corrected chi connectivity index (χ0v) is 19.9. The molecule has 1 aromatic rings. The van der Waals surface area contributed by atoms with Crippen molar-refractivity contribution in [3.05, 3.63) is 35.4 Å². The summed E-state index contributed by atoms with van der Waals surface area (Å²) in [6.45, 7) is 3.92. The second-order valence-electron chi connectivity index (χ2n) is 7.74. The van der Waals surface area contributed by atoms with Crippen molar-refractivity contribution < 1.29 is 38.6 Å². The van der Waals surface area contributed by atoms with Crippen molar-refractivity contribution in [1.82, 2.24) is 21.3 Å². The minimum absolute atomic E-state index is 0.0256. The van der Waals surface area contributed by atoms with E-state index in [1.165, 1.54) is 45.0 Å². The van der Waals surface area contributed by atoms with Gasteiger partial charge in [0.15, 0.2) is 0 Å². The molecule has 0 aromatic heterocycles. The predicted octanol–water partition coefficient (Wildman–Crippen LogP) is -1.94. The first-order chi connectivity index (χ1) is 16.4. The number of hydrogen-bond donors (Lipinski definition) is 6. The van der Waals surface area contributed by atoms with Crippen molar-refractivity contribution in [2.24, 2.45) is 5.73 Å². The molecule has 0 saturated carbocycles. The number of aromatic carboxylic acids is 1. The van der Waals surface area contributed by atoms with Crippen molar-refractivity contribution in [1.29, 1.82) is 0 Å². The van der Waals surface area contributed by atoms with E-state index >= 15 is 0 Å². The molecule has 0 aliphatic rings. The fraction of sp³-hybridized carbons (Fsp3) is 0.455.